The van der Waals surface area contributed by atoms with E-state index in [1.807, 2.05) is 6.07 Å². The van der Waals surface area contributed by atoms with Gasteiger partial charge in [-0.2, -0.15) is 4.31 Å². The van der Waals surface area contributed by atoms with Gasteiger partial charge in [-0.15, -0.1) is 5.10 Å². The number of rotatable bonds is 17. The highest BCUT2D eigenvalue weighted by Crippen LogP contribution is 2.45. The largest absolute Gasteiger partial charge is 0.497 e. The van der Waals surface area contributed by atoms with Gasteiger partial charge >= 0.3 is 6.09 Å². The monoisotopic (exact) mass is 898 g/mol. The third-order valence-electron chi connectivity index (χ3n) is 10.1. The van der Waals surface area contributed by atoms with Crippen LogP contribution in [0.2, 0.25) is 0 Å². The predicted octanol–water partition coefficient (Wildman–Crippen LogP) is 6.09. The van der Waals surface area contributed by atoms with Crippen LogP contribution in [0.5, 0.6) is 17.2 Å². The first kappa shape index (κ1) is 43.5. The molecule has 2 heterocycles. The van der Waals surface area contributed by atoms with E-state index in [0.717, 1.165) is 5.56 Å². The lowest BCUT2D eigenvalue weighted by Gasteiger charge is -2.27. The molecule has 7 rings (SSSR count). The van der Waals surface area contributed by atoms with Gasteiger partial charge in [-0.1, -0.05) is 65.9 Å². The van der Waals surface area contributed by atoms with E-state index >= 15 is 8.42 Å². The summed E-state index contributed by atoms with van der Waals surface area (Å²) in [6.45, 7) is 0.367. The van der Waals surface area contributed by atoms with E-state index in [2.05, 4.69) is 25.8 Å². The molecule has 1 unspecified atom stereocenters. The number of benzene rings is 5. The van der Waals surface area contributed by atoms with E-state index in [1.54, 1.807) is 92.0 Å². The van der Waals surface area contributed by atoms with Crippen LogP contribution in [0.1, 0.15) is 23.6 Å². The number of sulfone groups is 1. The zero-order valence-corrected chi connectivity index (χ0v) is 36.4. The summed E-state index contributed by atoms with van der Waals surface area (Å²) in [6.07, 6.45) is -1.45. The third-order valence-corrected chi connectivity index (χ3v) is 15.1. The van der Waals surface area contributed by atoms with Crippen molar-refractivity contribution >= 4 is 52.6 Å². The molecule has 20 heteroatoms. The Bertz CT molecular complexity index is 2890. The maximum Gasteiger partial charge on any atom is 0.404 e. The molecular formula is C42H42N8O9S3. The van der Waals surface area contributed by atoms with Crippen LogP contribution < -0.4 is 25.3 Å². The van der Waals surface area contributed by atoms with Crippen molar-refractivity contribution in [2.45, 2.75) is 41.6 Å². The molecule has 62 heavy (non-hydrogen) atoms. The minimum Gasteiger partial charge on any atom is -0.497 e. The van der Waals surface area contributed by atoms with Crippen molar-refractivity contribution in [3.05, 3.63) is 120 Å². The van der Waals surface area contributed by atoms with Crippen LogP contribution in [0.4, 0.5) is 9.93 Å². The van der Waals surface area contributed by atoms with Crippen LogP contribution in [-0.4, -0.2) is 90.7 Å². The zero-order chi connectivity index (χ0) is 44.2. The molecule has 0 aliphatic carbocycles. The van der Waals surface area contributed by atoms with Crippen molar-refractivity contribution in [2.75, 3.05) is 33.6 Å². The first-order chi connectivity index (χ1) is 29.7. The van der Waals surface area contributed by atoms with Crippen molar-refractivity contribution < 1.29 is 40.9 Å². The van der Waals surface area contributed by atoms with Crippen molar-refractivity contribution in [3.63, 3.8) is 0 Å². The van der Waals surface area contributed by atoms with E-state index in [-0.39, 0.29) is 41.7 Å². The number of methoxy groups -OCH3 is 3. The normalized spacial score (nSPS) is 12.3. The fourth-order valence-corrected chi connectivity index (χ4v) is 11.3. The molecule has 4 N–H and O–H groups in total. The summed E-state index contributed by atoms with van der Waals surface area (Å²) in [5.41, 5.74) is 9.05. The highest BCUT2D eigenvalue weighted by Gasteiger charge is 2.40. The number of ether oxygens (including phenoxy) is 3. The van der Waals surface area contributed by atoms with Gasteiger partial charge in [-0.05, 0) is 88.1 Å². The van der Waals surface area contributed by atoms with Gasteiger partial charge in [0, 0.05) is 25.2 Å². The van der Waals surface area contributed by atoms with Gasteiger partial charge in [-0.3, -0.25) is 0 Å². The summed E-state index contributed by atoms with van der Waals surface area (Å²) in [5, 5.41) is 23.0. The molecule has 2 aromatic heterocycles. The Balaban J connectivity index is 1.55. The smallest absolute Gasteiger partial charge is 0.404 e. The van der Waals surface area contributed by atoms with E-state index < -0.39 is 47.5 Å². The minimum atomic E-state index is -4.95. The molecule has 0 bridgehead atoms. The summed E-state index contributed by atoms with van der Waals surface area (Å²) in [7, 11) is -5.05. The number of tetrazole rings is 1. The minimum absolute atomic E-state index is 0.0381. The van der Waals surface area contributed by atoms with E-state index in [0.29, 0.717) is 44.2 Å². The number of anilines is 1. The van der Waals surface area contributed by atoms with E-state index in [9.17, 15) is 18.3 Å². The number of nitrogens with one attached hydrogen (secondary N) is 1. The topological polar surface area (TPSA) is 231 Å². The lowest BCUT2D eigenvalue weighted by atomic mass is 9.98. The Kier molecular flexibility index (Phi) is 12.7. The molecule has 5 aromatic carbocycles. The fraction of sp³-hybridized carbons (Fsp3) is 0.214. The van der Waals surface area contributed by atoms with Crippen LogP contribution in [0.3, 0.4) is 0 Å². The highest BCUT2D eigenvalue weighted by atomic mass is 32.2. The molecule has 17 nitrogen and oxygen atoms in total. The quantitative estimate of drug-likeness (QED) is 0.0939. The van der Waals surface area contributed by atoms with Gasteiger partial charge in [0.05, 0.1) is 53.8 Å². The van der Waals surface area contributed by atoms with Gasteiger partial charge in [-0.25, -0.2) is 31.3 Å². The number of nitrogens with two attached hydrogens (primary N) is 1. The summed E-state index contributed by atoms with van der Waals surface area (Å²) < 4.78 is 81.1. The summed E-state index contributed by atoms with van der Waals surface area (Å²) in [6, 6.07) is 28.8. The Labute approximate surface area is 361 Å². The number of carbonyl (C=O) groups is 1. The zero-order valence-electron chi connectivity index (χ0n) is 33.9. The Morgan fingerprint density at radius 1 is 0.806 bits per heavy atom. The first-order valence-corrected chi connectivity index (χ1v) is 22.7. The molecule has 0 spiro atoms. The van der Waals surface area contributed by atoms with Crippen LogP contribution in [0, 0.1) is 0 Å². The number of carboxylic acid groups (broad SMARTS) is 1. The lowest BCUT2D eigenvalue weighted by Crippen LogP contribution is -2.36. The maximum absolute atomic E-state index is 16.0. The molecule has 1 atom stereocenters. The number of hydrogen-bond acceptors (Lipinski definition) is 14. The lowest BCUT2D eigenvalue weighted by molar-refractivity contribution is 0.194. The van der Waals surface area contributed by atoms with Crippen molar-refractivity contribution in [3.8, 4) is 39.8 Å². The Morgan fingerprint density at radius 3 is 1.92 bits per heavy atom. The standard InChI is InChI=1S/C42H42N8O9S3/c1-26(22-44-42(51)52)61(53,54)36-21-20-33(34-6-5-7-35-38(34)45-41(43)60-35)37(40-46-47-48-50(40)25-29-12-18-32(59-4)19-13-29)39(36)62(55,56)49(23-27-8-14-30(57-2)15-9-27)24-28-10-16-31(58-3)17-11-28/h5-21,26,44H,22-25H2,1-4H3,(H2,43,45)(H,51,52). The number of thiazole rings is 1. The van der Waals surface area contributed by atoms with Gasteiger partial charge in [0.2, 0.25) is 10.0 Å². The van der Waals surface area contributed by atoms with E-state index in [1.165, 1.54) is 53.6 Å². The SMILES string of the molecule is COc1ccc(CN(Cc2ccc(OC)cc2)S(=O)(=O)c2c(S(=O)(=O)C(C)CNC(=O)O)ccc(-c3cccc4sc(N)nc34)c2-c2nnnn2Cc2ccc(OC)cc2)cc1. The van der Waals surface area contributed by atoms with Crippen LogP contribution in [0.25, 0.3) is 32.7 Å². The van der Waals surface area contributed by atoms with Crippen molar-refractivity contribution in [1.82, 2.24) is 34.8 Å². The molecule has 322 valence electrons. The Morgan fingerprint density at radius 2 is 1.37 bits per heavy atom. The number of hydrogen-bond donors (Lipinski definition) is 3. The highest BCUT2D eigenvalue weighted by molar-refractivity contribution is 7.94. The molecule has 0 aliphatic heterocycles. The van der Waals surface area contributed by atoms with E-state index in [4.69, 9.17) is 19.9 Å². The number of nitrogen functional groups attached to an aromatic ring is 1. The van der Waals surface area contributed by atoms with Crippen LogP contribution in [0.15, 0.2) is 113 Å². The second-order valence-electron chi connectivity index (χ2n) is 14.0. The number of para-hydroxylation sites is 1. The molecule has 0 aliphatic rings. The number of sulfonamides is 1. The molecule has 7 aromatic rings. The van der Waals surface area contributed by atoms with Crippen molar-refractivity contribution in [1.29, 1.82) is 0 Å². The molecule has 0 saturated heterocycles. The second-order valence-corrected chi connectivity index (χ2v) is 19.3. The average Bonchev–Trinajstić information content (AvgIpc) is 3.90. The average molecular weight is 899 g/mol. The molecule has 0 radical (unpaired) electrons. The van der Waals surface area contributed by atoms with Gasteiger partial charge in [0.1, 0.15) is 22.1 Å². The van der Waals surface area contributed by atoms with Gasteiger partial charge < -0.3 is 30.4 Å². The summed E-state index contributed by atoms with van der Waals surface area (Å²) in [4.78, 5) is 15.0. The number of nitrogens with zero attached hydrogens (tertiary/aromatic N) is 6. The molecular weight excluding hydrogens is 857 g/mol. The van der Waals surface area contributed by atoms with Gasteiger partial charge in [0.15, 0.2) is 20.8 Å². The maximum atomic E-state index is 16.0. The molecule has 0 saturated carbocycles. The summed E-state index contributed by atoms with van der Waals surface area (Å²) in [5.74, 6) is 1.63. The van der Waals surface area contributed by atoms with Crippen molar-refractivity contribution in [2.24, 2.45) is 0 Å². The van der Waals surface area contributed by atoms with Crippen LogP contribution >= 0.6 is 11.3 Å². The second kappa shape index (κ2) is 18.2. The summed E-state index contributed by atoms with van der Waals surface area (Å²) >= 11 is 1.23. The van der Waals surface area contributed by atoms with Gasteiger partial charge in [0.25, 0.3) is 0 Å². The predicted molar refractivity (Wildman–Crippen MR) is 233 cm³/mol. The number of fused-ring (bicyclic) bond motifs is 1. The number of amides is 1. The van der Waals surface area contributed by atoms with Crippen LogP contribution in [-0.2, 0) is 39.5 Å². The molecule has 1 amide bonds. The molecule has 0 fully saturated rings. The Hall–Kier alpha value is -6.61. The number of aromatic nitrogens is 5. The first-order valence-electron chi connectivity index (χ1n) is 18.9. The fourth-order valence-electron chi connectivity index (χ4n) is 6.85. The third kappa shape index (κ3) is 9.03.